The first kappa shape index (κ1) is 10.3. The summed E-state index contributed by atoms with van der Waals surface area (Å²) in [5, 5.41) is 0.505. The van der Waals surface area contributed by atoms with Gasteiger partial charge < -0.3 is 10.2 Å². The number of nitrogens with one attached hydrogen (secondary N) is 1. The molecule has 2 rings (SSSR count). The van der Waals surface area contributed by atoms with Crippen LogP contribution in [0.2, 0.25) is 5.02 Å². The molecule has 0 spiro atoms. The van der Waals surface area contributed by atoms with Crippen LogP contribution in [0, 0.1) is 0 Å². The Kier molecular flexibility index (Phi) is 2.79. The van der Waals surface area contributed by atoms with Crippen LogP contribution < -0.4 is 11.5 Å². The highest BCUT2D eigenvalue weighted by molar-refractivity contribution is 6.34. The van der Waals surface area contributed by atoms with Crippen LogP contribution in [-0.4, -0.2) is 11.5 Å². The van der Waals surface area contributed by atoms with Crippen molar-refractivity contribution in [3.8, 4) is 0 Å². The third kappa shape index (κ3) is 2.06. The number of fused-ring (bicyclic) bond motifs is 1. The van der Waals surface area contributed by atoms with Crippen LogP contribution in [0.25, 0.3) is 11.1 Å². The monoisotopic (exact) mass is 226 g/mol. The Labute approximate surface area is 91.0 Å². The molecule has 0 aliphatic rings. The minimum Gasteiger partial charge on any atom is -0.408 e. The van der Waals surface area contributed by atoms with E-state index in [4.69, 9.17) is 21.8 Å². The van der Waals surface area contributed by atoms with Gasteiger partial charge in [0.1, 0.15) is 5.52 Å². The van der Waals surface area contributed by atoms with Crippen molar-refractivity contribution < 1.29 is 4.42 Å². The fraction of sp³-hybridized carbons (Fsp3) is 0.300. The molecule has 80 valence electrons. The van der Waals surface area contributed by atoms with Crippen molar-refractivity contribution in [1.29, 1.82) is 0 Å². The number of nitrogens with two attached hydrogens (primary N) is 1. The second-order valence-electron chi connectivity index (χ2n) is 3.36. The quantitative estimate of drug-likeness (QED) is 0.836. The Morgan fingerprint density at radius 2 is 2.27 bits per heavy atom. The van der Waals surface area contributed by atoms with Gasteiger partial charge in [-0.1, -0.05) is 11.6 Å². The molecular weight excluding hydrogens is 216 g/mol. The lowest BCUT2D eigenvalue weighted by Crippen LogP contribution is -2.00. The highest BCUT2D eigenvalue weighted by Crippen LogP contribution is 2.23. The van der Waals surface area contributed by atoms with Crippen molar-refractivity contribution in [2.24, 2.45) is 5.73 Å². The zero-order chi connectivity index (χ0) is 10.8. The van der Waals surface area contributed by atoms with E-state index >= 15 is 0 Å². The van der Waals surface area contributed by atoms with E-state index in [1.54, 1.807) is 0 Å². The van der Waals surface area contributed by atoms with Crippen molar-refractivity contribution in [3.05, 3.63) is 33.3 Å². The molecule has 2 aromatic rings. The SMILES string of the molecule is NCCCc1cc(Cl)c2[nH]c(=O)oc2c1. The highest BCUT2D eigenvalue weighted by Gasteiger charge is 2.07. The maximum atomic E-state index is 11.0. The number of aromatic nitrogens is 1. The fourth-order valence-corrected chi connectivity index (χ4v) is 1.80. The maximum Gasteiger partial charge on any atom is 0.417 e. The van der Waals surface area contributed by atoms with E-state index in [9.17, 15) is 4.79 Å². The van der Waals surface area contributed by atoms with Gasteiger partial charge in [-0.15, -0.1) is 0 Å². The molecule has 0 radical (unpaired) electrons. The summed E-state index contributed by atoms with van der Waals surface area (Å²) in [6.45, 7) is 0.632. The third-order valence-electron chi connectivity index (χ3n) is 2.21. The Balaban J connectivity index is 2.47. The Morgan fingerprint density at radius 3 is 3.00 bits per heavy atom. The van der Waals surface area contributed by atoms with Gasteiger partial charge in [0.05, 0.1) is 5.02 Å². The number of aromatic amines is 1. The Morgan fingerprint density at radius 1 is 1.47 bits per heavy atom. The molecule has 4 nitrogen and oxygen atoms in total. The first-order chi connectivity index (χ1) is 7.20. The van der Waals surface area contributed by atoms with Crippen LogP contribution in [0.5, 0.6) is 0 Å². The van der Waals surface area contributed by atoms with E-state index in [0.29, 0.717) is 22.7 Å². The van der Waals surface area contributed by atoms with E-state index in [-0.39, 0.29) is 0 Å². The van der Waals surface area contributed by atoms with Gasteiger partial charge in [-0.05, 0) is 37.1 Å². The Hall–Kier alpha value is -1.26. The average Bonchev–Trinajstić information content (AvgIpc) is 2.56. The summed E-state index contributed by atoms with van der Waals surface area (Å²) in [6.07, 6.45) is 1.72. The third-order valence-corrected chi connectivity index (χ3v) is 2.51. The molecule has 0 bridgehead atoms. The normalized spacial score (nSPS) is 11.1. The molecule has 0 aliphatic carbocycles. The standard InChI is InChI=1S/C10H11ClN2O2/c11-7-4-6(2-1-3-12)5-8-9(7)13-10(14)15-8/h4-5H,1-3,12H2,(H,13,14). The molecule has 3 N–H and O–H groups in total. The van der Waals surface area contributed by atoms with E-state index in [1.165, 1.54) is 0 Å². The summed E-state index contributed by atoms with van der Waals surface area (Å²) >= 11 is 5.99. The molecule has 0 amide bonds. The van der Waals surface area contributed by atoms with Crippen molar-refractivity contribution in [1.82, 2.24) is 4.98 Å². The molecule has 0 saturated carbocycles. The fourth-order valence-electron chi connectivity index (χ4n) is 1.51. The molecule has 1 heterocycles. The molecule has 1 aromatic carbocycles. The second kappa shape index (κ2) is 4.08. The first-order valence-electron chi connectivity index (χ1n) is 4.72. The molecule has 5 heteroatoms. The minimum atomic E-state index is -0.483. The van der Waals surface area contributed by atoms with E-state index < -0.39 is 5.76 Å². The maximum absolute atomic E-state index is 11.0. The summed E-state index contributed by atoms with van der Waals surface area (Å²) in [7, 11) is 0. The molecule has 0 saturated heterocycles. The number of benzene rings is 1. The molecular formula is C10H11ClN2O2. The van der Waals surface area contributed by atoms with Crippen molar-refractivity contribution in [3.63, 3.8) is 0 Å². The predicted molar refractivity (Wildman–Crippen MR) is 59.2 cm³/mol. The zero-order valence-corrected chi connectivity index (χ0v) is 8.80. The summed E-state index contributed by atoms with van der Waals surface area (Å²) in [4.78, 5) is 13.5. The largest absolute Gasteiger partial charge is 0.417 e. The molecule has 15 heavy (non-hydrogen) atoms. The lowest BCUT2D eigenvalue weighted by atomic mass is 10.1. The van der Waals surface area contributed by atoms with Gasteiger partial charge in [-0.2, -0.15) is 0 Å². The van der Waals surface area contributed by atoms with Gasteiger partial charge in [-0.3, -0.25) is 4.98 Å². The molecule has 0 unspecified atom stereocenters. The minimum absolute atomic E-state index is 0.483. The summed E-state index contributed by atoms with van der Waals surface area (Å²) < 4.78 is 4.94. The van der Waals surface area contributed by atoms with Gasteiger partial charge in [0, 0.05) is 0 Å². The van der Waals surface area contributed by atoms with Gasteiger partial charge >= 0.3 is 5.76 Å². The highest BCUT2D eigenvalue weighted by atomic mass is 35.5. The van der Waals surface area contributed by atoms with Crippen molar-refractivity contribution in [2.45, 2.75) is 12.8 Å². The lowest BCUT2D eigenvalue weighted by Gasteiger charge is -2.00. The molecule has 0 atom stereocenters. The van der Waals surface area contributed by atoms with Crippen molar-refractivity contribution in [2.75, 3.05) is 6.54 Å². The second-order valence-corrected chi connectivity index (χ2v) is 3.76. The van der Waals surface area contributed by atoms with E-state index in [1.807, 2.05) is 12.1 Å². The first-order valence-corrected chi connectivity index (χ1v) is 5.10. The summed E-state index contributed by atoms with van der Waals surface area (Å²) in [6, 6.07) is 3.64. The van der Waals surface area contributed by atoms with Gasteiger partial charge in [-0.25, -0.2) is 4.79 Å². The van der Waals surface area contributed by atoms with Crippen LogP contribution in [0.15, 0.2) is 21.3 Å². The number of aryl methyl sites for hydroxylation is 1. The van der Waals surface area contributed by atoms with Crippen LogP contribution in [0.3, 0.4) is 0 Å². The molecule has 0 fully saturated rings. The van der Waals surface area contributed by atoms with E-state index in [0.717, 1.165) is 18.4 Å². The average molecular weight is 227 g/mol. The number of hydrogen-bond donors (Lipinski definition) is 2. The summed E-state index contributed by atoms with van der Waals surface area (Å²) in [5.41, 5.74) is 7.50. The smallest absolute Gasteiger partial charge is 0.408 e. The van der Waals surface area contributed by atoms with Gasteiger partial charge in [0.2, 0.25) is 0 Å². The van der Waals surface area contributed by atoms with Crippen molar-refractivity contribution >= 4 is 22.7 Å². The summed E-state index contributed by atoms with van der Waals surface area (Å²) in [5.74, 6) is -0.483. The number of halogens is 1. The number of rotatable bonds is 3. The molecule has 0 aliphatic heterocycles. The van der Waals surface area contributed by atoms with Crippen LogP contribution in [-0.2, 0) is 6.42 Å². The van der Waals surface area contributed by atoms with Gasteiger partial charge in [0.25, 0.3) is 0 Å². The topological polar surface area (TPSA) is 72.0 Å². The number of hydrogen-bond acceptors (Lipinski definition) is 3. The number of oxazole rings is 1. The number of H-pyrrole nitrogens is 1. The predicted octanol–water partition coefficient (Wildman–Crippen LogP) is 1.67. The zero-order valence-electron chi connectivity index (χ0n) is 8.05. The van der Waals surface area contributed by atoms with Crippen LogP contribution >= 0.6 is 11.6 Å². The van der Waals surface area contributed by atoms with Crippen LogP contribution in [0.4, 0.5) is 0 Å². The Bertz CT molecular complexity index is 530. The van der Waals surface area contributed by atoms with Gasteiger partial charge in [0.15, 0.2) is 5.58 Å². The van der Waals surface area contributed by atoms with E-state index in [2.05, 4.69) is 4.98 Å². The molecule has 1 aromatic heterocycles. The lowest BCUT2D eigenvalue weighted by molar-refractivity contribution is 0.555. The van der Waals surface area contributed by atoms with Crippen LogP contribution in [0.1, 0.15) is 12.0 Å².